The van der Waals surface area contributed by atoms with E-state index < -0.39 is 5.91 Å². The molecule has 1 atom stereocenters. The molecule has 0 saturated heterocycles. The molecule has 0 bridgehead atoms. The number of thiophene rings is 1. The van der Waals surface area contributed by atoms with Crippen LogP contribution in [0.3, 0.4) is 0 Å². The van der Waals surface area contributed by atoms with Crippen molar-refractivity contribution in [3.63, 3.8) is 0 Å². The van der Waals surface area contributed by atoms with Gasteiger partial charge < -0.3 is 11.1 Å². The Morgan fingerprint density at radius 1 is 1.30 bits per heavy atom. The Kier molecular flexibility index (Phi) is 5.37. The standard InChI is InChI=1S/C21H25ClN2O2S/c1-11-5-7-13(15(22)9-11)19(26)24-20-17(18(23)25)14-8-6-12(21(2,3)4)10-16(14)27-20/h5,7,9,12H,6,8,10H2,1-4H3,(H2,23,25)(H,24,26)/t12-/m1/s1. The molecule has 3 N–H and O–H groups in total. The van der Waals surface area contributed by atoms with Gasteiger partial charge in [-0.3, -0.25) is 9.59 Å². The van der Waals surface area contributed by atoms with Crippen LogP contribution in [0.15, 0.2) is 18.2 Å². The first kappa shape index (κ1) is 19.9. The number of carbonyl (C=O) groups excluding carboxylic acids is 2. The maximum Gasteiger partial charge on any atom is 0.257 e. The molecule has 1 heterocycles. The summed E-state index contributed by atoms with van der Waals surface area (Å²) in [7, 11) is 0. The Balaban J connectivity index is 1.93. The second-order valence-electron chi connectivity index (χ2n) is 8.32. The van der Waals surface area contributed by atoms with Crippen LogP contribution in [0.2, 0.25) is 5.02 Å². The summed E-state index contributed by atoms with van der Waals surface area (Å²) in [5.41, 5.74) is 8.68. The lowest BCUT2D eigenvalue weighted by molar-refractivity contribution is 0.1000. The van der Waals surface area contributed by atoms with Crippen molar-refractivity contribution in [2.24, 2.45) is 17.1 Å². The van der Waals surface area contributed by atoms with Crippen molar-refractivity contribution in [2.75, 3.05) is 5.32 Å². The van der Waals surface area contributed by atoms with Gasteiger partial charge in [-0.1, -0.05) is 38.4 Å². The summed E-state index contributed by atoms with van der Waals surface area (Å²) in [6.07, 6.45) is 2.74. The minimum Gasteiger partial charge on any atom is -0.365 e. The Hall–Kier alpha value is -1.85. The first-order chi connectivity index (χ1) is 12.6. The topological polar surface area (TPSA) is 72.2 Å². The molecule has 4 nitrogen and oxygen atoms in total. The first-order valence-electron chi connectivity index (χ1n) is 9.09. The molecule has 1 aromatic carbocycles. The van der Waals surface area contributed by atoms with Gasteiger partial charge in [0.1, 0.15) is 5.00 Å². The number of aryl methyl sites for hydroxylation is 1. The summed E-state index contributed by atoms with van der Waals surface area (Å²) in [6.45, 7) is 8.64. The molecule has 2 aromatic rings. The lowest BCUT2D eigenvalue weighted by Gasteiger charge is -2.33. The second-order valence-corrected chi connectivity index (χ2v) is 9.83. The van der Waals surface area contributed by atoms with Crippen LogP contribution >= 0.6 is 22.9 Å². The highest BCUT2D eigenvalue weighted by Gasteiger charge is 2.33. The average Bonchev–Trinajstić information content (AvgIpc) is 2.90. The van der Waals surface area contributed by atoms with Crippen LogP contribution < -0.4 is 11.1 Å². The van der Waals surface area contributed by atoms with Crippen molar-refractivity contribution in [3.8, 4) is 0 Å². The molecule has 0 unspecified atom stereocenters. The molecule has 27 heavy (non-hydrogen) atoms. The highest BCUT2D eigenvalue weighted by molar-refractivity contribution is 7.17. The van der Waals surface area contributed by atoms with Crippen LogP contribution in [0.4, 0.5) is 5.00 Å². The third-order valence-corrected chi connectivity index (χ3v) is 6.82. The number of nitrogens with one attached hydrogen (secondary N) is 1. The van der Waals surface area contributed by atoms with Crippen LogP contribution in [0.1, 0.15) is 63.9 Å². The summed E-state index contributed by atoms with van der Waals surface area (Å²) >= 11 is 7.68. The number of carbonyl (C=O) groups is 2. The predicted octanol–water partition coefficient (Wildman–Crippen LogP) is 5.21. The number of hydrogen-bond donors (Lipinski definition) is 2. The van der Waals surface area contributed by atoms with Crippen molar-refractivity contribution in [1.82, 2.24) is 0 Å². The SMILES string of the molecule is Cc1ccc(C(=O)Nc2sc3c(c2C(N)=O)CC[C@@H](C(C)(C)C)C3)c(Cl)c1. The zero-order chi connectivity index (χ0) is 19.9. The maximum absolute atomic E-state index is 12.7. The largest absolute Gasteiger partial charge is 0.365 e. The number of amides is 2. The fourth-order valence-electron chi connectivity index (χ4n) is 3.65. The van der Waals surface area contributed by atoms with E-state index in [0.29, 0.717) is 27.1 Å². The maximum atomic E-state index is 12.7. The van der Waals surface area contributed by atoms with E-state index in [4.69, 9.17) is 17.3 Å². The van der Waals surface area contributed by atoms with E-state index in [1.165, 1.54) is 11.3 Å². The minimum atomic E-state index is -0.494. The van der Waals surface area contributed by atoms with Crippen LogP contribution in [0, 0.1) is 18.3 Å². The number of fused-ring (bicyclic) bond motifs is 1. The van der Waals surface area contributed by atoms with Crippen molar-refractivity contribution >= 4 is 39.8 Å². The van der Waals surface area contributed by atoms with E-state index in [0.717, 1.165) is 35.3 Å². The van der Waals surface area contributed by atoms with E-state index in [9.17, 15) is 9.59 Å². The molecule has 0 spiro atoms. The Morgan fingerprint density at radius 3 is 2.59 bits per heavy atom. The van der Waals surface area contributed by atoms with Crippen molar-refractivity contribution < 1.29 is 9.59 Å². The summed E-state index contributed by atoms with van der Waals surface area (Å²) < 4.78 is 0. The van der Waals surface area contributed by atoms with Crippen molar-refractivity contribution in [2.45, 2.75) is 47.0 Å². The third-order valence-electron chi connectivity index (χ3n) is 5.33. The second kappa shape index (κ2) is 7.28. The van der Waals surface area contributed by atoms with Gasteiger partial charge in [0.2, 0.25) is 0 Å². The number of rotatable bonds is 3. The first-order valence-corrected chi connectivity index (χ1v) is 10.3. The lowest BCUT2D eigenvalue weighted by atomic mass is 9.72. The number of primary amides is 1. The van der Waals surface area contributed by atoms with Gasteiger partial charge in [0.05, 0.1) is 16.1 Å². The third kappa shape index (κ3) is 4.04. The Morgan fingerprint density at radius 2 is 2.00 bits per heavy atom. The highest BCUT2D eigenvalue weighted by Crippen LogP contribution is 2.44. The predicted molar refractivity (Wildman–Crippen MR) is 112 cm³/mol. The van der Waals surface area contributed by atoms with Gasteiger partial charge in [0, 0.05) is 4.88 Å². The van der Waals surface area contributed by atoms with Crippen molar-refractivity contribution in [3.05, 3.63) is 50.4 Å². The van der Waals surface area contributed by atoms with Gasteiger partial charge in [-0.15, -0.1) is 11.3 Å². The van der Waals surface area contributed by atoms with Gasteiger partial charge in [-0.05, 0) is 60.8 Å². The van der Waals surface area contributed by atoms with Gasteiger partial charge in [0.15, 0.2) is 0 Å². The van der Waals surface area contributed by atoms with Gasteiger partial charge in [-0.25, -0.2) is 0 Å². The normalized spacial score (nSPS) is 16.7. The highest BCUT2D eigenvalue weighted by atomic mass is 35.5. The number of hydrogen-bond acceptors (Lipinski definition) is 3. The quantitative estimate of drug-likeness (QED) is 0.736. The average molecular weight is 405 g/mol. The van der Waals surface area contributed by atoms with Gasteiger partial charge in [0.25, 0.3) is 11.8 Å². The summed E-state index contributed by atoms with van der Waals surface area (Å²) in [6, 6.07) is 5.28. The fraction of sp³-hybridized carbons (Fsp3) is 0.429. The van der Waals surface area contributed by atoms with Crippen LogP contribution in [0.5, 0.6) is 0 Å². The monoisotopic (exact) mass is 404 g/mol. The summed E-state index contributed by atoms with van der Waals surface area (Å²) in [4.78, 5) is 26.0. The smallest absolute Gasteiger partial charge is 0.257 e. The molecule has 1 aromatic heterocycles. The van der Waals surface area contributed by atoms with Gasteiger partial charge >= 0.3 is 0 Å². The van der Waals surface area contributed by atoms with Crippen LogP contribution in [-0.4, -0.2) is 11.8 Å². The Labute approximate surface area is 169 Å². The van der Waals surface area contributed by atoms with Gasteiger partial charge in [-0.2, -0.15) is 0 Å². The molecule has 0 saturated carbocycles. The molecular weight excluding hydrogens is 380 g/mol. The lowest BCUT2D eigenvalue weighted by Crippen LogP contribution is -2.27. The molecule has 144 valence electrons. The number of anilines is 1. The zero-order valence-corrected chi connectivity index (χ0v) is 17.7. The molecule has 6 heteroatoms. The minimum absolute atomic E-state index is 0.202. The number of halogens is 1. The molecule has 0 aliphatic heterocycles. The van der Waals surface area contributed by atoms with Crippen molar-refractivity contribution in [1.29, 1.82) is 0 Å². The molecule has 0 fully saturated rings. The van der Waals surface area contributed by atoms with E-state index >= 15 is 0 Å². The number of nitrogens with two attached hydrogens (primary N) is 1. The Bertz CT molecular complexity index is 912. The van der Waals surface area contributed by atoms with Crippen LogP contribution in [0.25, 0.3) is 0 Å². The molecule has 2 amide bonds. The summed E-state index contributed by atoms with van der Waals surface area (Å²) in [5.74, 6) is -0.278. The van der Waals surface area contributed by atoms with E-state index in [1.807, 2.05) is 13.0 Å². The fourth-order valence-corrected chi connectivity index (χ4v) is 5.30. The van der Waals surface area contributed by atoms with E-state index in [-0.39, 0.29) is 11.3 Å². The van der Waals surface area contributed by atoms with Crippen LogP contribution in [-0.2, 0) is 12.8 Å². The zero-order valence-electron chi connectivity index (χ0n) is 16.1. The van der Waals surface area contributed by atoms with E-state index in [2.05, 4.69) is 26.1 Å². The molecule has 3 rings (SSSR count). The molecule has 1 aliphatic carbocycles. The van der Waals surface area contributed by atoms with E-state index in [1.54, 1.807) is 12.1 Å². The molecule has 1 aliphatic rings. The summed E-state index contributed by atoms with van der Waals surface area (Å²) in [5, 5.41) is 3.80. The molecular formula is C21H25ClN2O2S. The molecule has 0 radical (unpaired) electrons. The number of benzene rings is 1.